The second-order valence-corrected chi connectivity index (χ2v) is 4.66. The van der Waals surface area contributed by atoms with E-state index in [1.807, 2.05) is 44.2 Å². The van der Waals surface area contributed by atoms with Gasteiger partial charge in [-0.25, -0.2) is 15.2 Å². The van der Waals surface area contributed by atoms with Gasteiger partial charge in [-0.2, -0.15) is 0 Å². The van der Waals surface area contributed by atoms with Crippen LogP contribution in [0.3, 0.4) is 0 Å². The van der Waals surface area contributed by atoms with Crippen LogP contribution in [0.15, 0.2) is 42.6 Å². The molecule has 4 nitrogen and oxygen atoms in total. The Labute approximate surface area is 101 Å². The fourth-order valence-electron chi connectivity index (χ4n) is 1.73. The molecule has 4 heteroatoms. The largest absolute Gasteiger partial charge is 0.336 e. The van der Waals surface area contributed by atoms with Crippen molar-refractivity contribution < 1.29 is 4.79 Å². The van der Waals surface area contributed by atoms with Crippen LogP contribution in [0.25, 0.3) is 0 Å². The van der Waals surface area contributed by atoms with Gasteiger partial charge in [0.25, 0.3) is 0 Å². The molecule has 90 valence electrons. The number of hydrazine groups is 1. The number of carbonyl (C=O) groups is 1. The van der Waals surface area contributed by atoms with Gasteiger partial charge in [0.1, 0.15) is 0 Å². The summed E-state index contributed by atoms with van der Waals surface area (Å²) in [5.74, 6) is 0. The lowest BCUT2D eigenvalue weighted by molar-refractivity contribution is 0.205. The molecule has 1 fully saturated rings. The molecule has 0 atom stereocenters. The molecular weight excluding hydrogens is 214 g/mol. The van der Waals surface area contributed by atoms with Crippen LogP contribution < -0.4 is 10.7 Å². The SMILES string of the molecule is C=C1N(NCc2ccccc2)C(=O)NC1(C)C. The first-order chi connectivity index (χ1) is 8.00. The molecule has 0 bridgehead atoms. The van der Waals surface area contributed by atoms with Crippen LogP contribution in [0.2, 0.25) is 0 Å². The first-order valence-corrected chi connectivity index (χ1v) is 5.60. The Morgan fingerprint density at radius 2 is 2.00 bits per heavy atom. The Kier molecular flexibility index (Phi) is 2.90. The third-order valence-electron chi connectivity index (χ3n) is 2.90. The van der Waals surface area contributed by atoms with E-state index in [1.165, 1.54) is 5.01 Å². The lowest BCUT2D eigenvalue weighted by Gasteiger charge is -2.21. The number of hydrogen-bond acceptors (Lipinski definition) is 2. The summed E-state index contributed by atoms with van der Waals surface area (Å²) in [5, 5.41) is 4.33. The van der Waals surface area contributed by atoms with Crippen LogP contribution in [0.5, 0.6) is 0 Å². The van der Waals surface area contributed by atoms with E-state index in [0.717, 1.165) is 11.3 Å². The summed E-state index contributed by atoms with van der Waals surface area (Å²) in [6.07, 6.45) is 0. The monoisotopic (exact) mass is 231 g/mol. The van der Waals surface area contributed by atoms with Gasteiger partial charge in [0, 0.05) is 6.54 Å². The van der Waals surface area contributed by atoms with Crippen molar-refractivity contribution in [1.29, 1.82) is 0 Å². The van der Waals surface area contributed by atoms with Gasteiger partial charge in [0.05, 0.1) is 11.2 Å². The minimum absolute atomic E-state index is 0.157. The molecule has 0 aliphatic carbocycles. The maximum absolute atomic E-state index is 11.7. The Balaban J connectivity index is 2.01. The van der Waals surface area contributed by atoms with Crippen LogP contribution in [0.4, 0.5) is 4.79 Å². The molecule has 0 saturated carbocycles. The Morgan fingerprint density at radius 1 is 1.35 bits per heavy atom. The Hall–Kier alpha value is -1.81. The van der Waals surface area contributed by atoms with Crippen molar-refractivity contribution in [2.45, 2.75) is 25.9 Å². The second kappa shape index (κ2) is 4.22. The number of urea groups is 1. The summed E-state index contributed by atoms with van der Waals surface area (Å²) in [5.41, 5.74) is 4.54. The quantitative estimate of drug-likeness (QED) is 0.835. The van der Waals surface area contributed by atoms with Crippen LogP contribution >= 0.6 is 0 Å². The summed E-state index contributed by atoms with van der Waals surface area (Å²) >= 11 is 0. The molecule has 1 aromatic rings. The lowest BCUT2D eigenvalue weighted by Crippen LogP contribution is -2.38. The number of amides is 2. The second-order valence-electron chi connectivity index (χ2n) is 4.66. The maximum atomic E-state index is 11.7. The third kappa shape index (κ3) is 2.31. The van der Waals surface area contributed by atoms with Crippen molar-refractivity contribution in [3.05, 3.63) is 48.2 Å². The van der Waals surface area contributed by atoms with E-state index in [1.54, 1.807) is 0 Å². The number of benzene rings is 1. The van der Waals surface area contributed by atoms with E-state index in [2.05, 4.69) is 17.3 Å². The van der Waals surface area contributed by atoms with Crippen molar-refractivity contribution in [3.63, 3.8) is 0 Å². The van der Waals surface area contributed by atoms with Crippen molar-refractivity contribution in [1.82, 2.24) is 15.8 Å². The summed E-state index contributed by atoms with van der Waals surface area (Å²) in [7, 11) is 0. The molecule has 1 aromatic carbocycles. The number of nitrogens with zero attached hydrogens (tertiary/aromatic N) is 1. The van der Waals surface area contributed by atoms with E-state index in [9.17, 15) is 4.79 Å². The highest BCUT2D eigenvalue weighted by Gasteiger charge is 2.38. The van der Waals surface area contributed by atoms with Crippen LogP contribution in [0.1, 0.15) is 19.4 Å². The van der Waals surface area contributed by atoms with Gasteiger partial charge in [0.15, 0.2) is 0 Å². The highest BCUT2D eigenvalue weighted by atomic mass is 16.2. The third-order valence-corrected chi connectivity index (χ3v) is 2.90. The topological polar surface area (TPSA) is 44.4 Å². The van der Waals surface area contributed by atoms with E-state index in [0.29, 0.717) is 6.54 Å². The Bertz CT molecular complexity index is 439. The summed E-state index contributed by atoms with van der Waals surface area (Å²) in [6, 6.07) is 9.77. The molecule has 0 unspecified atom stereocenters. The van der Waals surface area contributed by atoms with Crippen molar-refractivity contribution in [3.8, 4) is 0 Å². The van der Waals surface area contributed by atoms with Gasteiger partial charge >= 0.3 is 6.03 Å². The minimum Gasteiger partial charge on any atom is -0.326 e. The van der Waals surface area contributed by atoms with E-state index < -0.39 is 0 Å². The predicted molar refractivity (Wildman–Crippen MR) is 66.9 cm³/mol. The zero-order chi connectivity index (χ0) is 12.5. The molecule has 2 amide bonds. The fourth-order valence-corrected chi connectivity index (χ4v) is 1.73. The average molecular weight is 231 g/mol. The lowest BCUT2D eigenvalue weighted by atomic mass is 10.0. The zero-order valence-corrected chi connectivity index (χ0v) is 10.2. The molecule has 1 saturated heterocycles. The normalized spacial score (nSPS) is 18.4. The van der Waals surface area contributed by atoms with Gasteiger partial charge in [-0.15, -0.1) is 0 Å². The van der Waals surface area contributed by atoms with Gasteiger partial charge < -0.3 is 5.32 Å². The average Bonchev–Trinajstić information content (AvgIpc) is 2.48. The number of nitrogens with one attached hydrogen (secondary N) is 2. The molecule has 2 N–H and O–H groups in total. The molecule has 1 aliphatic rings. The van der Waals surface area contributed by atoms with Crippen LogP contribution in [0, 0.1) is 0 Å². The van der Waals surface area contributed by atoms with E-state index >= 15 is 0 Å². The number of hydrogen-bond donors (Lipinski definition) is 2. The predicted octanol–water partition coefficient (Wildman–Crippen LogP) is 2.01. The molecule has 17 heavy (non-hydrogen) atoms. The molecular formula is C13H17N3O. The summed E-state index contributed by atoms with van der Waals surface area (Å²) in [6.45, 7) is 8.39. The minimum atomic E-state index is -0.388. The van der Waals surface area contributed by atoms with E-state index in [-0.39, 0.29) is 11.6 Å². The van der Waals surface area contributed by atoms with Gasteiger partial charge in [-0.1, -0.05) is 36.9 Å². The summed E-state index contributed by atoms with van der Waals surface area (Å²) in [4.78, 5) is 11.7. The molecule has 1 heterocycles. The van der Waals surface area contributed by atoms with Crippen LogP contribution in [-0.2, 0) is 6.54 Å². The van der Waals surface area contributed by atoms with Crippen molar-refractivity contribution in [2.24, 2.45) is 0 Å². The molecule has 1 aliphatic heterocycles. The highest BCUT2D eigenvalue weighted by molar-refractivity contribution is 5.81. The molecule has 0 aromatic heterocycles. The zero-order valence-electron chi connectivity index (χ0n) is 10.2. The van der Waals surface area contributed by atoms with Gasteiger partial charge in [0.2, 0.25) is 0 Å². The molecule has 0 radical (unpaired) electrons. The standard InChI is InChI=1S/C13H17N3O/c1-10-13(2,3)15-12(17)16(10)14-9-11-7-5-4-6-8-11/h4-8,14H,1,9H2,2-3H3,(H,15,17). The first-order valence-electron chi connectivity index (χ1n) is 5.60. The van der Waals surface area contributed by atoms with Crippen molar-refractivity contribution in [2.75, 3.05) is 0 Å². The maximum Gasteiger partial charge on any atom is 0.336 e. The molecule has 2 rings (SSSR count). The van der Waals surface area contributed by atoms with Gasteiger partial charge in [-0.05, 0) is 19.4 Å². The van der Waals surface area contributed by atoms with E-state index in [4.69, 9.17) is 0 Å². The first kappa shape index (κ1) is 11.7. The van der Waals surface area contributed by atoms with Crippen LogP contribution in [-0.4, -0.2) is 16.6 Å². The highest BCUT2D eigenvalue weighted by Crippen LogP contribution is 2.23. The number of carbonyl (C=O) groups excluding carboxylic acids is 1. The number of rotatable bonds is 3. The van der Waals surface area contributed by atoms with Crippen molar-refractivity contribution >= 4 is 6.03 Å². The van der Waals surface area contributed by atoms with Gasteiger partial charge in [-0.3, -0.25) is 0 Å². The smallest absolute Gasteiger partial charge is 0.326 e. The Morgan fingerprint density at radius 3 is 2.53 bits per heavy atom. The summed E-state index contributed by atoms with van der Waals surface area (Å²) < 4.78 is 0. The molecule has 0 spiro atoms. The fraction of sp³-hybridized carbons (Fsp3) is 0.308.